The van der Waals surface area contributed by atoms with E-state index in [1.165, 1.54) is 0 Å². The lowest BCUT2D eigenvalue weighted by atomic mass is 10.2. The van der Waals surface area contributed by atoms with E-state index >= 15 is 0 Å². The molecule has 3 nitrogen and oxygen atoms in total. The van der Waals surface area contributed by atoms with Crippen molar-refractivity contribution in [2.45, 2.75) is 6.61 Å². The Kier molecular flexibility index (Phi) is 3.57. The molecule has 1 aromatic rings. The van der Waals surface area contributed by atoms with Crippen LogP contribution in [0.1, 0.15) is 5.56 Å². The van der Waals surface area contributed by atoms with E-state index in [0.29, 0.717) is 11.5 Å². The zero-order valence-corrected chi connectivity index (χ0v) is 9.09. The molecule has 1 aromatic carbocycles. The molecule has 13 heavy (non-hydrogen) atoms. The van der Waals surface area contributed by atoms with Crippen LogP contribution in [-0.4, -0.2) is 19.3 Å². The summed E-state index contributed by atoms with van der Waals surface area (Å²) in [6, 6.07) is 3.51. The molecule has 0 aromatic heterocycles. The average molecular weight is 247 g/mol. The minimum atomic E-state index is -0.0498. The number of rotatable bonds is 3. The van der Waals surface area contributed by atoms with Gasteiger partial charge in [-0.2, -0.15) is 0 Å². The van der Waals surface area contributed by atoms with Crippen LogP contribution in [0.4, 0.5) is 0 Å². The standard InChI is InChI=1S/C9H11BrO3/c1-12-8-4-9(13-2)7(10)3-6(8)5-11/h3-4,11H,5H2,1-2H3. The van der Waals surface area contributed by atoms with Crippen molar-refractivity contribution in [3.05, 3.63) is 22.2 Å². The SMILES string of the molecule is COc1cc(OC)c(CO)cc1Br. The monoisotopic (exact) mass is 246 g/mol. The van der Waals surface area contributed by atoms with Crippen molar-refractivity contribution in [1.82, 2.24) is 0 Å². The van der Waals surface area contributed by atoms with Gasteiger partial charge in [-0.25, -0.2) is 0 Å². The van der Waals surface area contributed by atoms with Gasteiger partial charge in [0.1, 0.15) is 11.5 Å². The van der Waals surface area contributed by atoms with Crippen molar-refractivity contribution in [2.24, 2.45) is 0 Å². The number of ether oxygens (including phenoxy) is 2. The summed E-state index contributed by atoms with van der Waals surface area (Å²) >= 11 is 3.32. The van der Waals surface area contributed by atoms with Gasteiger partial charge >= 0.3 is 0 Å². The lowest BCUT2D eigenvalue weighted by Gasteiger charge is -2.10. The lowest BCUT2D eigenvalue weighted by Crippen LogP contribution is -1.94. The van der Waals surface area contributed by atoms with Gasteiger partial charge in [-0.3, -0.25) is 0 Å². The predicted molar refractivity (Wildman–Crippen MR) is 53.2 cm³/mol. The topological polar surface area (TPSA) is 38.7 Å². The minimum absolute atomic E-state index is 0.0498. The second kappa shape index (κ2) is 4.48. The molecule has 0 spiro atoms. The minimum Gasteiger partial charge on any atom is -0.496 e. The molecule has 0 saturated carbocycles. The molecule has 1 rings (SSSR count). The van der Waals surface area contributed by atoms with Crippen LogP contribution < -0.4 is 9.47 Å². The first kappa shape index (κ1) is 10.3. The van der Waals surface area contributed by atoms with Crippen molar-refractivity contribution in [2.75, 3.05) is 14.2 Å². The fraction of sp³-hybridized carbons (Fsp3) is 0.333. The lowest BCUT2D eigenvalue weighted by molar-refractivity contribution is 0.273. The molecule has 0 aliphatic carbocycles. The van der Waals surface area contributed by atoms with Crippen molar-refractivity contribution in [3.8, 4) is 11.5 Å². The number of hydrogen-bond donors (Lipinski definition) is 1. The molecule has 0 radical (unpaired) electrons. The zero-order valence-electron chi connectivity index (χ0n) is 7.50. The maximum absolute atomic E-state index is 9.00. The Morgan fingerprint density at radius 3 is 2.31 bits per heavy atom. The van der Waals surface area contributed by atoms with E-state index in [9.17, 15) is 0 Å². The maximum atomic E-state index is 9.00. The number of benzene rings is 1. The first-order valence-electron chi connectivity index (χ1n) is 3.74. The van der Waals surface area contributed by atoms with Crippen LogP contribution in [0.3, 0.4) is 0 Å². The highest BCUT2D eigenvalue weighted by molar-refractivity contribution is 9.10. The summed E-state index contributed by atoms with van der Waals surface area (Å²) in [6.45, 7) is -0.0498. The number of halogens is 1. The largest absolute Gasteiger partial charge is 0.496 e. The molecular weight excluding hydrogens is 236 g/mol. The summed E-state index contributed by atoms with van der Waals surface area (Å²) in [5.74, 6) is 1.32. The highest BCUT2D eigenvalue weighted by Crippen LogP contribution is 2.32. The Bertz CT molecular complexity index is 299. The van der Waals surface area contributed by atoms with E-state index in [-0.39, 0.29) is 6.61 Å². The summed E-state index contributed by atoms with van der Waals surface area (Å²) in [7, 11) is 3.14. The van der Waals surface area contributed by atoms with Crippen molar-refractivity contribution >= 4 is 15.9 Å². The number of aliphatic hydroxyl groups excluding tert-OH is 1. The Hall–Kier alpha value is -0.740. The second-order valence-corrected chi connectivity index (χ2v) is 3.31. The van der Waals surface area contributed by atoms with E-state index in [4.69, 9.17) is 14.6 Å². The molecule has 0 aliphatic rings. The predicted octanol–water partition coefficient (Wildman–Crippen LogP) is 1.96. The zero-order chi connectivity index (χ0) is 9.84. The molecule has 1 N–H and O–H groups in total. The average Bonchev–Trinajstić information content (AvgIpc) is 2.17. The quantitative estimate of drug-likeness (QED) is 0.887. The smallest absolute Gasteiger partial charge is 0.136 e. The number of hydrogen-bond acceptors (Lipinski definition) is 3. The van der Waals surface area contributed by atoms with Crippen LogP contribution in [0.2, 0.25) is 0 Å². The van der Waals surface area contributed by atoms with Gasteiger partial charge in [0.15, 0.2) is 0 Å². The normalized spacial score (nSPS) is 9.85. The van der Waals surface area contributed by atoms with Crippen LogP contribution in [0.15, 0.2) is 16.6 Å². The molecule has 0 unspecified atom stereocenters. The van der Waals surface area contributed by atoms with Gasteiger partial charge in [-0.05, 0) is 22.0 Å². The van der Waals surface area contributed by atoms with E-state index in [0.717, 1.165) is 10.0 Å². The van der Waals surface area contributed by atoms with Crippen molar-refractivity contribution in [1.29, 1.82) is 0 Å². The molecule has 0 aliphatic heterocycles. The van der Waals surface area contributed by atoms with E-state index in [1.807, 2.05) is 0 Å². The van der Waals surface area contributed by atoms with E-state index in [2.05, 4.69) is 15.9 Å². The summed E-state index contributed by atoms with van der Waals surface area (Å²) in [6.07, 6.45) is 0. The van der Waals surface area contributed by atoms with Crippen LogP contribution in [0.25, 0.3) is 0 Å². The van der Waals surface area contributed by atoms with Gasteiger partial charge in [-0.15, -0.1) is 0 Å². The highest BCUT2D eigenvalue weighted by atomic mass is 79.9. The van der Waals surface area contributed by atoms with Gasteiger partial charge in [0.25, 0.3) is 0 Å². The van der Waals surface area contributed by atoms with Crippen LogP contribution in [0, 0.1) is 0 Å². The second-order valence-electron chi connectivity index (χ2n) is 2.46. The first-order valence-corrected chi connectivity index (χ1v) is 4.53. The van der Waals surface area contributed by atoms with Gasteiger partial charge in [0.2, 0.25) is 0 Å². The van der Waals surface area contributed by atoms with Crippen molar-refractivity contribution < 1.29 is 14.6 Å². The molecule has 0 heterocycles. The first-order chi connectivity index (χ1) is 6.22. The van der Waals surface area contributed by atoms with E-state index < -0.39 is 0 Å². The fourth-order valence-corrected chi connectivity index (χ4v) is 1.60. The summed E-state index contributed by atoms with van der Waals surface area (Å²) in [4.78, 5) is 0. The molecule has 0 atom stereocenters. The number of methoxy groups -OCH3 is 2. The van der Waals surface area contributed by atoms with Gasteiger partial charge in [-0.1, -0.05) is 0 Å². The maximum Gasteiger partial charge on any atom is 0.136 e. The van der Waals surface area contributed by atoms with Gasteiger partial charge in [0.05, 0.1) is 25.3 Å². The molecule has 0 saturated heterocycles. The molecule has 0 bridgehead atoms. The Labute approximate surface area is 85.4 Å². The molecule has 4 heteroatoms. The highest BCUT2D eigenvalue weighted by Gasteiger charge is 2.07. The molecule has 0 fully saturated rings. The Morgan fingerprint density at radius 1 is 1.23 bits per heavy atom. The fourth-order valence-electron chi connectivity index (χ4n) is 1.05. The summed E-state index contributed by atoms with van der Waals surface area (Å²) in [5.41, 5.74) is 0.732. The third-order valence-corrected chi connectivity index (χ3v) is 2.34. The molecule has 72 valence electrons. The van der Waals surface area contributed by atoms with Crippen LogP contribution in [0.5, 0.6) is 11.5 Å². The third kappa shape index (κ3) is 2.14. The third-order valence-electron chi connectivity index (χ3n) is 1.73. The Balaban J connectivity index is 3.18. The van der Waals surface area contributed by atoms with Crippen molar-refractivity contribution in [3.63, 3.8) is 0 Å². The summed E-state index contributed by atoms with van der Waals surface area (Å²) in [5, 5.41) is 9.00. The van der Waals surface area contributed by atoms with Gasteiger partial charge in [0, 0.05) is 11.6 Å². The van der Waals surface area contributed by atoms with Crippen LogP contribution in [-0.2, 0) is 6.61 Å². The van der Waals surface area contributed by atoms with Gasteiger partial charge < -0.3 is 14.6 Å². The molecule has 0 amide bonds. The molecular formula is C9H11BrO3. The van der Waals surface area contributed by atoms with Crippen LogP contribution >= 0.6 is 15.9 Å². The summed E-state index contributed by atoms with van der Waals surface area (Å²) < 4.78 is 11.0. The Morgan fingerprint density at radius 2 is 1.85 bits per heavy atom. The van der Waals surface area contributed by atoms with E-state index in [1.54, 1.807) is 26.4 Å². The number of aliphatic hydroxyl groups is 1.